The maximum absolute atomic E-state index is 2.66. The zero-order chi connectivity index (χ0) is 37.3. The molecular weight excluding hydrogens is 629 g/mol. The van der Waals surface area contributed by atoms with Crippen molar-refractivity contribution in [3.8, 4) is 0 Å². The summed E-state index contributed by atoms with van der Waals surface area (Å²) in [4.78, 5) is 0. The quantitative estimate of drug-likeness (QED) is 0.0467. The lowest BCUT2D eigenvalue weighted by Crippen LogP contribution is -2.37. The topological polar surface area (TPSA) is 8.81 Å². The fraction of sp³-hybridized carbons (Fsp3) is 0.940. The molecule has 0 amide bonds. The third kappa shape index (κ3) is 32.6. The van der Waals surface area contributed by atoms with E-state index >= 15 is 0 Å². The number of aryl methyl sites for hydroxylation is 2. The molecule has 2 nitrogen and oxygen atoms in total. The summed E-state index contributed by atoms with van der Waals surface area (Å²) in [5.41, 5.74) is 0. The van der Waals surface area contributed by atoms with Gasteiger partial charge < -0.3 is 0 Å². The van der Waals surface area contributed by atoms with Crippen LogP contribution in [-0.4, -0.2) is 4.57 Å². The molecule has 0 atom stereocenters. The summed E-state index contributed by atoms with van der Waals surface area (Å²) in [6, 6.07) is 0. The summed E-state index contributed by atoms with van der Waals surface area (Å²) in [5.74, 6) is 1.63. The van der Waals surface area contributed by atoms with Crippen LogP contribution in [-0.2, 0) is 19.5 Å². The van der Waals surface area contributed by atoms with Crippen LogP contribution >= 0.6 is 0 Å². The highest BCUT2D eigenvalue weighted by molar-refractivity contribution is 4.84. The van der Waals surface area contributed by atoms with Crippen molar-refractivity contribution in [2.75, 3.05) is 0 Å². The third-order valence-electron chi connectivity index (χ3n) is 12.1. The van der Waals surface area contributed by atoms with Crippen molar-refractivity contribution in [3.63, 3.8) is 0 Å². The molecule has 52 heavy (non-hydrogen) atoms. The van der Waals surface area contributed by atoms with E-state index in [-0.39, 0.29) is 0 Å². The smallest absolute Gasteiger partial charge is 0.234 e. The molecule has 1 aromatic heterocycles. The van der Waals surface area contributed by atoms with Crippen LogP contribution in [0.25, 0.3) is 0 Å². The number of nitrogens with zero attached hydrogens (tertiary/aromatic N) is 2. The minimum Gasteiger partial charge on any atom is -0.234 e. The highest BCUT2D eigenvalue weighted by Crippen LogP contribution is 2.17. The molecule has 0 aliphatic rings. The van der Waals surface area contributed by atoms with Crippen LogP contribution in [0.15, 0.2) is 12.4 Å². The molecule has 1 heterocycles. The normalized spacial score (nSPS) is 11.7. The van der Waals surface area contributed by atoms with Gasteiger partial charge in [0, 0.05) is 6.42 Å². The van der Waals surface area contributed by atoms with Gasteiger partial charge in [-0.3, -0.25) is 0 Å². The van der Waals surface area contributed by atoms with Crippen LogP contribution in [0.4, 0.5) is 0 Å². The summed E-state index contributed by atoms with van der Waals surface area (Å²) in [5, 5.41) is 0. The Morgan fingerprint density at radius 1 is 0.327 bits per heavy atom. The van der Waals surface area contributed by atoms with Gasteiger partial charge in [0.05, 0.1) is 13.1 Å². The van der Waals surface area contributed by atoms with Gasteiger partial charge in [-0.25, -0.2) is 9.13 Å². The maximum Gasteiger partial charge on any atom is 0.256 e. The molecule has 0 spiro atoms. The average molecular weight is 728 g/mol. The van der Waals surface area contributed by atoms with E-state index in [2.05, 4.69) is 42.3 Å². The third-order valence-corrected chi connectivity index (χ3v) is 12.1. The van der Waals surface area contributed by atoms with E-state index in [4.69, 9.17) is 0 Å². The molecule has 0 aliphatic heterocycles. The molecule has 0 saturated carbocycles. The Hall–Kier alpha value is -0.790. The van der Waals surface area contributed by atoms with Crippen molar-refractivity contribution in [1.82, 2.24) is 4.57 Å². The van der Waals surface area contributed by atoms with Crippen LogP contribution in [0.3, 0.4) is 0 Å². The minimum atomic E-state index is 1.23. The second-order valence-electron chi connectivity index (χ2n) is 17.3. The largest absolute Gasteiger partial charge is 0.256 e. The van der Waals surface area contributed by atoms with E-state index in [1.54, 1.807) is 5.82 Å². The van der Waals surface area contributed by atoms with Gasteiger partial charge in [-0.05, 0) is 32.1 Å². The number of hydrogen-bond donors (Lipinski definition) is 0. The summed E-state index contributed by atoms with van der Waals surface area (Å²) >= 11 is 0. The molecule has 1 rings (SSSR count). The summed E-state index contributed by atoms with van der Waals surface area (Å²) in [6.45, 7) is 9.42. The Labute approximate surface area is 329 Å². The van der Waals surface area contributed by atoms with Crippen molar-refractivity contribution >= 4 is 0 Å². The van der Waals surface area contributed by atoms with E-state index in [0.29, 0.717) is 0 Å². The molecule has 0 bridgehead atoms. The van der Waals surface area contributed by atoms with E-state index in [9.17, 15) is 0 Å². The van der Waals surface area contributed by atoms with Gasteiger partial charge in [-0.15, -0.1) is 0 Å². The monoisotopic (exact) mass is 728 g/mol. The fourth-order valence-electron chi connectivity index (χ4n) is 8.45. The zero-order valence-corrected chi connectivity index (χ0v) is 36.7. The Morgan fingerprint density at radius 2 is 0.596 bits per heavy atom. The highest BCUT2D eigenvalue weighted by atomic mass is 15.1. The predicted molar refractivity (Wildman–Crippen MR) is 235 cm³/mol. The van der Waals surface area contributed by atoms with E-state index in [1.165, 1.54) is 283 Å². The van der Waals surface area contributed by atoms with Crippen molar-refractivity contribution < 1.29 is 4.57 Å². The molecule has 0 unspecified atom stereocenters. The second kappa shape index (κ2) is 41.4. The van der Waals surface area contributed by atoms with Gasteiger partial charge in [0.1, 0.15) is 12.4 Å². The molecule has 308 valence electrons. The van der Waals surface area contributed by atoms with Crippen molar-refractivity contribution in [1.29, 1.82) is 0 Å². The van der Waals surface area contributed by atoms with Crippen molar-refractivity contribution in [2.45, 2.75) is 304 Å². The lowest BCUT2D eigenvalue weighted by Gasteiger charge is -2.07. The van der Waals surface area contributed by atoms with Crippen LogP contribution in [0.5, 0.6) is 0 Å². The van der Waals surface area contributed by atoms with Crippen LogP contribution in [0.1, 0.15) is 290 Å². The molecule has 2 heteroatoms. The molecule has 0 radical (unpaired) electrons. The predicted octanol–water partition coefficient (Wildman–Crippen LogP) is 17.4. The summed E-state index contributed by atoms with van der Waals surface area (Å²) in [7, 11) is 0. The molecular formula is C50H99N2+. The second-order valence-corrected chi connectivity index (χ2v) is 17.3. The lowest BCUT2D eigenvalue weighted by molar-refractivity contribution is -0.704. The van der Waals surface area contributed by atoms with E-state index in [1.807, 2.05) is 0 Å². The van der Waals surface area contributed by atoms with Crippen LogP contribution < -0.4 is 4.57 Å². The Bertz CT molecular complexity index is 745. The Balaban J connectivity index is 2.25. The van der Waals surface area contributed by atoms with Gasteiger partial charge in [0.2, 0.25) is 0 Å². The molecule has 1 aromatic rings. The van der Waals surface area contributed by atoms with Crippen LogP contribution in [0.2, 0.25) is 0 Å². The standard InChI is InChI=1S/C50H99N2/c1-4-7-10-13-16-19-22-24-26-28-31-34-37-40-43-46-51-48-49-52(50(51)45-42-39-36-33-30-21-18-15-12-9-6-3)47-44-41-38-35-32-29-27-25-23-20-17-14-11-8-5-2/h48-49H,4-47H2,1-3H3/q+1. The van der Waals surface area contributed by atoms with Gasteiger partial charge in [-0.1, -0.05) is 252 Å². The molecule has 0 saturated heterocycles. The molecule has 0 fully saturated rings. The summed E-state index contributed by atoms with van der Waals surface area (Å²) in [6.07, 6.45) is 65.3. The van der Waals surface area contributed by atoms with Gasteiger partial charge >= 0.3 is 0 Å². The maximum atomic E-state index is 2.66. The van der Waals surface area contributed by atoms with E-state index < -0.39 is 0 Å². The first-order valence-electron chi connectivity index (χ1n) is 24.9. The van der Waals surface area contributed by atoms with Crippen molar-refractivity contribution in [3.05, 3.63) is 18.2 Å². The van der Waals surface area contributed by atoms with Gasteiger partial charge in [0.15, 0.2) is 0 Å². The zero-order valence-electron chi connectivity index (χ0n) is 36.7. The number of unbranched alkanes of at least 4 members (excludes halogenated alkanes) is 38. The summed E-state index contributed by atoms with van der Waals surface area (Å²) < 4.78 is 5.31. The lowest BCUT2D eigenvalue weighted by atomic mass is 10.0. The number of hydrogen-bond acceptors (Lipinski definition) is 0. The molecule has 0 N–H and O–H groups in total. The first kappa shape index (κ1) is 49.2. The highest BCUT2D eigenvalue weighted by Gasteiger charge is 2.16. The first-order valence-corrected chi connectivity index (χ1v) is 24.9. The minimum absolute atomic E-state index is 1.23. The van der Waals surface area contributed by atoms with Crippen LogP contribution in [0, 0.1) is 0 Å². The van der Waals surface area contributed by atoms with Gasteiger partial charge in [-0.2, -0.15) is 0 Å². The van der Waals surface area contributed by atoms with Gasteiger partial charge in [0.25, 0.3) is 5.82 Å². The van der Waals surface area contributed by atoms with E-state index in [0.717, 1.165) is 0 Å². The SMILES string of the molecule is CCCCCCCCCCCCCCCCCn1cc[n+](CCCCCCCCCCCCCCCCC)c1CCCCCCCCCCCCC. The Kier molecular flexibility index (Phi) is 39.2. The fourth-order valence-corrected chi connectivity index (χ4v) is 8.45. The number of aromatic nitrogens is 2. The Morgan fingerprint density at radius 3 is 0.923 bits per heavy atom. The van der Waals surface area contributed by atoms with Crippen molar-refractivity contribution in [2.24, 2.45) is 0 Å². The number of imidazole rings is 1. The first-order chi connectivity index (χ1) is 25.8. The average Bonchev–Trinajstić information content (AvgIpc) is 3.54. The molecule has 0 aliphatic carbocycles. The number of rotatable bonds is 44. The molecule has 0 aromatic carbocycles.